The van der Waals surface area contributed by atoms with Gasteiger partial charge in [-0.05, 0) is 64.8 Å². The molecule has 1 aliphatic heterocycles. The highest BCUT2D eigenvalue weighted by Gasteiger charge is 2.58. The predicted octanol–water partition coefficient (Wildman–Crippen LogP) is 5.32. The van der Waals surface area contributed by atoms with Crippen LogP contribution in [-0.2, 0) is 20.4 Å². The first-order chi connectivity index (χ1) is 26.7. The van der Waals surface area contributed by atoms with Crippen molar-refractivity contribution in [2.24, 2.45) is 0 Å². The number of aromatic hydroxyl groups is 4. The van der Waals surface area contributed by atoms with E-state index < -0.39 is 127 Å². The molecule has 0 fully saturated rings. The van der Waals surface area contributed by atoms with Crippen LogP contribution in [0.2, 0.25) is 0 Å². The molecular formula is C44H44O14. The van der Waals surface area contributed by atoms with Gasteiger partial charge in [-0.1, -0.05) is 27.7 Å². The first kappa shape index (κ1) is 40.3. The van der Waals surface area contributed by atoms with Crippen molar-refractivity contribution in [1.29, 1.82) is 0 Å². The molecule has 304 valence electrons. The molecule has 58 heavy (non-hydrogen) atoms. The maximum Gasteiger partial charge on any atom is 0.207 e. The molecule has 4 unspecified atom stereocenters. The topological polar surface area (TPSA) is 242 Å². The van der Waals surface area contributed by atoms with Crippen LogP contribution >= 0.6 is 0 Å². The summed E-state index contributed by atoms with van der Waals surface area (Å²) in [4.78, 5) is 80.1. The van der Waals surface area contributed by atoms with E-state index in [-0.39, 0.29) is 56.0 Å². The molecule has 4 atom stereocenters. The van der Waals surface area contributed by atoms with Gasteiger partial charge in [-0.15, -0.1) is 0 Å². The summed E-state index contributed by atoms with van der Waals surface area (Å²) in [6, 6.07) is 2.41. The van der Waals surface area contributed by atoms with Crippen LogP contribution in [0.25, 0.3) is 22.3 Å². The number of ether oxygens (including phenoxy) is 2. The minimum Gasteiger partial charge on any atom is -0.507 e. The molecule has 0 saturated carbocycles. The minimum atomic E-state index is -2.84. The number of aryl methyl sites for hydroxylation is 2. The number of rotatable bonds is 4. The van der Waals surface area contributed by atoms with Crippen LogP contribution in [0.15, 0.2) is 12.1 Å². The molecule has 0 spiro atoms. The molecule has 0 aromatic heterocycles. The highest BCUT2D eigenvalue weighted by atomic mass is 16.5. The van der Waals surface area contributed by atoms with E-state index in [4.69, 9.17) is 9.47 Å². The molecule has 1 heterocycles. The number of carbonyl (C=O) groups excluding carboxylic acids is 6. The van der Waals surface area contributed by atoms with Gasteiger partial charge in [0.1, 0.15) is 58.3 Å². The van der Waals surface area contributed by atoms with Crippen molar-refractivity contribution >= 4 is 34.7 Å². The predicted molar refractivity (Wildman–Crippen MR) is 206 cm³/mol. The summed E-state index contributed by atoms with van der Waals surface area (Å²) in [6.07, 6.45) is -3.72. The molecule has 14 nitrogen and oxygen atoms in total. The lowest BCUT2D eigenvalue weighted by Crippen LogP contribution is -2.42. The van der Waals surface area contributed by atoms with Gasteiger partial charge < -0.3 is 40.1 Å². The van der Waals surface area contributed by atoms with Gasteiger partial charge in [-0.25, -0.2) is 0 Å². The second kappa shape index (κ2) is 12.3. The summed E-state index contributed by atoms with van der Waals surface area (Å²) < 4.78 is 13.7. The van der Waals surface area contributed by atoms with Crippen molar-refractivity contribution in [2.75, 3.05) is 0 Å². The molecule has 6 N–H and O–H groups in total. The number of Topliss-reactive ketones (excluding diaryl/α,β-unsaturated/α-hetero) is 6. The summed E-state index contributed by atoms with van der Waals surface area (Å²) in [5.74, 6) is -8.39. The van der Waals surface area contributed by atoms with Gasteiger partial charge in [0.2, 0.25) is 23.1 Å². The van der Waals surface area contributed by atoms with Crippen LogP contribution in [0.5, 0.6) is 34.5 Å². The lowest BCUT2D eigenvalue weighted by Gasteiger charge is -2.39. The van der Waals surface area contributed by atoms with E-state index in [9.17, 15) is 59.4 Å². The van der Waals surface area contributed by atoms with E-state index in [0.29, 0.717) is 0 Å². The maximum absolute atomic E-state index is 14.1. The van der Waals surface area contributed by atoms with Crippen LogP contribution in [-0.4, -0.2) is 88.7 Å². The fraction of sp³-hybridized carbons (Fsp3) is 0.409. The molecule has 14 heteroatoms. The van der Waals surface area contributed by atoms with E-state index in [0.717, 1.165) is 13.8 Å². The van der Waals surface area contributed by atoms with E-state index in [1.54, 1.807) is 55.4 Å². The average Bonchev–Trinajstić information content (AvgIpc) is 3.61. The molecule has 0 radical (unpaired) electrons. The second-order valence-electron chi connectivity index (χ2n) is 17.3. The summed E-state index contributed by atoms with van der Waals surface area (Å²) in [6.45, 7) is 15.4. The number of hydrogen-bond acceptors (Lipinski definition) is 14. The van der Waals surface area contributed by atoms with Crippen LogP contribution in [0.3, 0.4) is 0 Å². The van der Waals surface area contributed by atoms with Crippen LogP contribution in [0.4, 0.5) is 0 Å². The Kier molecular flexibility index (Phi) is 8.57. The zero-order valence-corrected chi connectivity index (χ0v) is 33.7. The summed E-state index contributed by atoms with van der Waals surface area (Å²) in [5.41, 5.74) is -9.79. The Bertz CT molecular complexity index is 2400. The molecule has 0 aromatic carbocycles. The molecular weight excluding hydrogens is 752 g/mol. The average molecular weight is 797 g/mol. The standard InChI is InChI=1S/C44H44O14/c1-15-11-21(47)25-29(39(53)43(55,37(25)51)13-17(3)45)27-23(15)35-31(33(27)49)41(7,8)20(6)58-36-24-16(2)12-22(48)26-30(40(54)44(56,38(26)52)14-18(4)46)28(24)34(50)32(36)42(9,10)19(5)57-35/h11-12,19-20,47-50,55-56H,13-14H2,1-10H3. The monoisotopic (exact) mass is 796 g/mol. The second-order valence-corrected chi connectivity index (χ2v) is 17.3. The molecule has 7 rings (SSSR count). The zero-order chi connectivity index (χ0) is 43.3. The highest BCUT2D eigenvalue weighted by molar-refractivity contribution is 6.37. The number of ketones is 6. The normalized spacial score (nSPS) is 24.6. The van der Waals surface area contributed by atoms with Crippen molar-refractivity contribution in [3.05, 3.63) is 56.6 Å². The van der Waals surface area contributed by atoms with Crippen LogP contribution in [0.1, 0.15) is 132 Å². The largest absolute Gasteiger partial charge is 0.507 e. The van der Waals surface area contributed by atoms with Crippen LogP contribution < -0.4 is 9.47 Å². The van der Waals surface area contributed by atoms with Crippen molar-refractivity contribution in [3.63, 3.8) is 0 Å². The van der Waals surface area contributed by atoms with E-state index in [2.05, 4.69) is 0 Å². The quantitative estimate of drug-likeness (QED) is 0.143. The molecule has 0 saturated heterocycles. The molecule has 0 aromatic rings. The van der Waals surface area contributed by atoms with E-state index >= 15 is 0 Å². The number of aliphatic hydroxyl groups is 2. The SMILES string of the molecule is CC(=O)CC1(O)C(=O)c2c(O)cc(C)c3c4c(c(O)c-3c2C1=O)C(C)(C)C(C)Oc1c2c(C)cc(O)c3c(c-2c(O)c1C(C)(C)C(C)O4)C(=O)C(O)(CC(C)=O)C3=O. The minimum absolute atomic E-state index is 0.0357. The third kappa shape index (κ3) is 4.97. The van der Waals surface area contributed by atoms with Crippen molar-refractivity contribution in [3.8, 4) is 56.8 Å². The number of carbonyl (C=O) groups is 6. The van der Waals surface area contributed by atoms with Gasteiger partial charge in [0.05, 0.1) is 11.1 Å². The fourth-order valence-corrected chi connectivity index (χ4v) is 9.10. The third-order valence-electron chi connectivity index (χ3n) is 12.7. The van der Waals surface area contributed by atoms with Crippen molar-refractivity contribution in [2.45, 2.75) is 116 Å². The Labute approximate surface area is 332 Å². The van der Waals surface area contributed by atoms with Gasteiger partial charge in [0.15, 0.2) is 11.2 Å². The lowest BCUT2D eigenvalue weighted by molar-refractivity contribution is -0.120. The van der Waals surface area contributed by atoms with Crippen molar-refractivity contribution < 1.29 is 68.9 Å². The fourth-order valence-electron chi connectivity index (χ4n) is 9.10. The van der Waals surface area contributed by atoms with Gasteiger partial charge in [-0.2, -0.15) is 0 Å². The number of fused-ring (bicyclic) bond motifs is 10. The van der Waals surface area contributed by atoms with Gasteiger partial charge in [0.25, 0.3) is 0 Å². The van der Waals surface area contributed by atoms with Crippen molar-refractivity contribution in [1.82, 2.24) is 0 Å². The smallest absolute Gasteiger partial charge is 0.207 e. The Hall–Kier alpha value is -5.86. The Balaban J connectivity index is 1.54. The highest BCUT2D eigenvalue weighted by Crippen LogP contribution is 2.62. The Morgan fingerprint density at radius 3 is 1.14 bits per heavy atom. The molecule has 6 aliphatic carbocycles. The summed E-state index contributed by atoms with van der Waals surface area (Å²) in [5, 5.41) is 70.0. The molecule has 0 amide bonds. The first-order valence-corrected chi connectivity index (χ1v) is 18.7. The Morgan fingerprint density at radius 2 is 0.845 bits per heavy atom. The molecule has 7 aliphatic rings. The third-order valence-corrected chi connectivity index (χ3v) is 12.7. The van der Waals surface area contributed by atoms with Gasteiger partial charge in [0, 0.05) is 68.2 Å². The first-order valence-electron chi connectivity index (χ1n) is 18.7. The van der Waals surface area contributed by atoms with E-state index in [1.807, 2.05) is 0 Å². The summed E-state index contributed by atoms with van der Waals surface area (Å²) in [7, 11) is 0. The maximum atomic E-state index is 14.1. The van der Waals surface area contributed by atoms with Gasteiger partial charge >= 0.3 is 0 Å². The number of hydrogen-bond donors (Lipinski definition) is 6. The summed E-state index contributed by atoms with van der Waals surface area (Å²) >= 11 is 0. The van der Waals surface area contributed by atoms with E-state index in [1.165, 1.54) is 12.1 Å². The van der Waals surface area contributed by atoms with Crippen LogP contribution in [0, 0.1) is 13.8 Å². The van der Waals surface area contributed by atoms with Gasteiger partial charge in [-0.3, -0.25) is 28.8 Å². The Morgan fingerprint density at radius 1 is 0.552 bits per heavy atom. The lowest BCUT2D eigenvalue weighted by atomic mass is 9.77. The molecule has 0 bridgehead atoms. The zero-order valence-electron chi connectivity index (χ0n) is 33.7.